The molecule has 0 saturated heterocycles. The largest absolute Gasteiger partial charge is 0.298 e. The van der Waals surface area contributed by atoms with Crippen molar-refractivity contribution in [2.45, 2.75) is 6.92 Å². The van der Waals surface area contributed by atoms with Crippen LogP contribution >= 0.6 is 11.6 Å². The Morgan fingerprint density at radius 1 is 1.40 bits per heavy atom. The van der Waals surface area contributed by atoms with Crippen molar-refractivity contribution in [3.8, 4) is 5.82 Å². The van der Waals surface area contributed by atoms with Crippen LogP contribution in [0, 0.1) is 0 Å². The fourth-order valence-electron chi connectivity index (χ4n) is 1.38. The predicted molar refractivity (Wildman–Crippen MR) is 58.6 cm³/mol. The van der Waals surface area contributed by atoms with E-state index in [0.717, 1.165) is 0 Å². The van der Waals surface area contributed by atoms with Crippen molar-refractivity contribution in [2.75, 3.05) is 0 Å². The number of carbonyl (C=O) groups is 1. The van der Waals surface area contributed by atoms with Gasteiger partial charge in [0.1, 0.15) is 5.82 Å². The van der Waals surface area contributed by atoms with Gasteiger partial charge in [0.2, 0.25) is 0 Å². The van der Waals surface area contributed by atoms with Crippen LogP contribution in [0.1, 0.15) is 17.4 Å². The number of nitrogens with zero attached hydrogens (tertiary/aromatic N) is 2. The van der Waals surface area contributed by atoms with Crippen LogP contribution in [-0.4, -0.2) is 15.3 Å². The number of pyridine rings is 1. The molecular formula is C11H9ClN2O. The summed E-state index contributed by atoms with van der Waals surface area (Å²) >= 11 is 5.74. The highest BCUT2D eigenvalue weighted by molar-refractivity contribution is 6.30. The van der Waals surface area contributed by atoms with Gasteiger partial charge in [0.25, 0.3) is 0 Å². The number of aromatic nitrogens is 2. The Balaban J connectivity index is 2.49. The maximum Gasteiger partial charge on any atom is 0.176 e. The summed E-state index contributed by atoms with van der Waals surface area (Å²) in [4.78, 5) is 15.4. The Morgan fingerprint density at radius 3 is 2.80 bits per heavy atom. The van der Waals surface area contributed by atoms with Gasteiger partial charge in [-0.2, -0.15) is 0 Å². The lowest BCUT2D eigenvalue weighted by Crippen LogP contribution is -2.04. The SMILES string of the molecule is CC(=O)c1cccn1-c1ccc(Cl)cn1. The van der Waals surface area contributed by atoms with Crippen molar-refractivity contribution >= 4 is 17.4 Å². The van der Waals surface area contributed by atoms with Crippen LogP contribution in [-0.2, 0) is 0 Å². The van der Waals surface area contributed by atoms with Crippen LogP contribution in [0.15, 0.2) is 36.7 Å². The Morgan fingerprint density at radius 2 is 2.20 bits per heavy atom. The van der Waals surface area contributed by atoms with Gasteiger partial charge in [0, 0.05) is 19.3 Å². The summed E-state index contributed by atoms with van der Waals surface area (Å²) in [7, 11) is 0. The summed E-state index contributed by atoms with van der Waals surface area (Å²) in [5.74, 6) is 0.700. The molecule has 0 radical (unpaired) electrons. The van der Waals surface area contributed by atoms with E-state index in [1.54, 1.807) is 35.2 Å². The van der Waals surface area contributed by atoms with Gasteiger partial charge in [-0.15, -0.1) is 0 Å². The molecule has 4 heteroatoms. The van der Waals surface area contributed by atoms with Crippen LogP contribution in [0.3, 0.4) is 0 Å². The minimum Gasteiger partial charge on any atom is -0.298 e. The molecule has 0 atom stereocenters. The molecule has 0 fully saturated rings. The van der Waals surface area contributed by atoms with Crippen molar-refractivity contribution in [2.24, 2.45) is 0 Å². The van der Waals surface area contributed by atoms with Crippen molar-refractivity contribution in [1.29, 1.82) is 0 Å². The molecule has 0 aliphatic carbocycles. The average Bonchev–Trinajstić information content (AvgIpc) is 2.67. The van der Waals surface area contributed by atoms with Crippen LogP contribution in [0.5, 0.6) is 0 Å². The van der Waals surface area contributed by atoms with Gasteiger partial charge < -0.3 is 0 Å². The summed E-state index contributed by atoms with van der Waals surface area (Å²) in [6.07, 6.45) is 3.35. The van der Waals surface area contributed by atoms with E-state index in [1.165, 1.54) is 6.92 Å². The highest BCUT2D eigenvalue weighted by Crippen LogP contribution is 2.13. The maximum absolute atomic E-state index is 11.3. The quantitative estimate of drug-likeness (QED) is 0.730. The van der Waals surface area contributed by atoms with Crippen LogP contribution < -0.4 is 0 Å². The topological polar surface area (TPSA) is 34.9 Å². The van der Waals surface area contributed by atoms with Crippen LogP contribution in [0.2, 0.25) is 5.02 Å². The van der Waals surface area contributed by atoms with Gasteiger partial charge in [-0.3, -0.25) is 9.36 Å². The number of carbonyl (C=O) groups excluding carboxylic acids is 1. The molecule has 2 heterocycles. The van der Waals surface area contributed by atoms with Gasteiger partial charge in [-0.05, 0) is 24.3 Å². The van der Waals surface area contributed by atoms with E-state index in [4.69, 9.17) is 11.6 Å². The monoisotopic (exact) mass is 220 g/mol. The third kappa shape index (κ3) is 1.92. The van der Waals surface area contributed by atoms with E-state index < -0.39 is 0 Å². The van der Waals surface area contributed by atoms with E-state index in [1.807, 2.05) is 6.07 Å². The molecular weight excluding hydrogens is 212 g/mol. The number of hydrogen-bond donors (Lipinski definition) is 0. The molecule has 2 rings (SSSR count). The first-order chi connectivity index (χ1) is 7.18. The minimum atomic E-state index is 0.0109. The minimum absolute atomic E-state index is 0.0109. The molecule has 0 bridgehead atoms. The second-order valence-electron chi connectivity index (χ2n) is 3.15. The number of Topliss-reactive ketones (excluding diaryl/α,β-unsaturated/α-hetero) is 1. The van der Waals surface area contributed by atoms with Crippen LogP contribution in [0.4, 0.5) is 0 Å². The molecule has 0 aliphatic rings. The molecule has 0 unspecified atom stereocenters. The Labute approximate surface area is 92.3 Å². The predicted octanol–water partition coefficient (Wildman–Crippen LogP) is 2.73. The molecule has 0 spiro atoms. The highest BCUT2D eigenvalue weighted by atomic mass is 35.5. The van der Waals surface area contributed by atoms with E-state index in [9.17, 15) is 4.79 Å². The molecule has 0 aliphatic heterocycles. The summed E-state index contributed by atoms with van der Waals surface area (Å²) in [6, 6.07) is 7.09. The maximum atomic E-state index is 11.3. The fraction of sp³-hybridized carbons (Fsp3) is 0.0909. The molecule has 0 amide bonds. The van der Waals surface area contributed by atoms with E-state index in [2.05, 4.69) is 4.98 Å². The summed E-state index contributed by atoms with van der Waals surface area (Å²) in [6.45, 7) is 1.53. The molecule has 2 aromatic rings. The van der Waals surface area contributed by atoms with Gasteiger partial charge in [0.15, 0.2) is 5.78 Å². The second-order valence-corrected chi connectivity index (χ2v) is 3.59. The zero-order valence-electron chi connectivity index (χ0n) is 8.14. The molecule has 15 heavy (non-hydrogen) atoms. The van der Waals surface area contributed by atoms with E-state index >= 15 is 0 Å². The Kier molecular flexibility index (Phi) is 2.56. The molecule has 3 nitrogen and oxygen atoms in total. The molecule has 0 saturated carbocycles. The first kappa shape index (κ1) is 9.93. The Hall–Kier alpha value is -1.61. The highest BCUT2D eigenvalue weighted by Gasteiger charge is 2.07. The van der Waals surface area contributed by atoms with Gasteiger partial charge in [0.05, 0.1) is 10.7 Å². The van der Waals surface area contributed by atoms with Gasteiger partial charge in [-0.25, -0.2) is 4.98 Å². The molecule has 0 aromatic carbocycles. The molecule has 2 aromatic heterocycles. The summed E-state index contributed by atoms with van der Waals surface area (Å²) in [5, 5.41) is 0.579. The molecule has 0 N–H and O–H groups in total. The zero-order valence-corrected chi connectivity index (χ0v) is 8.90. The van der Waals surface area contributed by atoms with Gasteiger partial charge >= 0.3 is 0 Å². The van der Waals surface area contributed by atoms with Crippen molar-refractivity contribution in [3.05, 3.63) is 47.4 Å². The third-order valence-corrected chi connectivity index (χ3v) is 2.29. The van der Waals surface area contributed by atoms with Crippen molar-refractivity contribution in [3.63, 3.8) is 0 Å². The van der Waals surface area contributed by atoms with Crippen molar-refractivity contribution < 1.29 is 4.79 Å². The zero-order chi connectivity index (χ0) is 10.8. The van der Waals surface area contributed by atoms with Crippen LogP contribution in [0.25, 0.3) is 5.82 Å². The molecule has 76 valence electrons. The fourth-order valence-corrected chi connectivity index (χ4v) is 1.49. The second kappa shape index (κ2) is 3.87. The average molecular weight is 221 g/mol. The lowest BCUT2D eigenvalue weighted by molar-refractivity contribution is 0.101. The van der Waals surface area contributed by atoms with E-state index in [-0.39, 0.29) is 5.78 Å². The first-order valence-corrected chi connectivity index (χ1v) is 4.86. The normalized spacial score (nSPS) is 10.3. The van der Waals surface area contributed by atoms with Gasteiger partial charge in [-0.1, -0.05) is 11.6 Å². The number of hydrogen-bond acceptors (Lipinski definition) is 2. The standard InChI is InChI=1S/C11H9ClN2O/c1-8(15)10-3-2-6-14(10)11-5-4-9(12)7-13-11/h2-7H,1H3. The lowest BCUT2D eigenvalue weighted by Gasteiger charge is -2.05. The summed E-state index contributed by atoms with van der Waals surface area (Å²) < 4.78 is 1.73. The van der Waals surface area contributed by atoms with Crippen molar-refractivity contribution in [1.82, 2.24) is 9.55 Å². The number of ketones is 1. The summed E-state index contributed by atoms with van der Waals surface area (Å²) in [5.41, 5.74) is 0.616. The third-order valence-electron chi connectivity index (χ3n) is 2.07. The van der Waals surface area contributed by atoms with E-state index in [0.29, 0.717) is 16.5 Å². The smallest absolute Gasteiger partial charge is 0.176 e. The lowest BCUT2D eigenvalue weighted by atomic mass is 10.3. The number of rotatable bonds is 2. The first-order valence-electron chi connectivity index (χ1n) is 4.49. The number of halogens is 1. The Bertz CT molecular complexity index is 488.